The van der Waals surface area contributed by atoms with Crippen molar-refractivity contribution in [1.82, 2.24) is 19.9 Å². The number of anilines is 1. The number of piperidine rings is 1. The van der Waals surface area contributed by atoms with Crippen molar-refractivity contribution in [3.63, 3.8) is 0 Å². The van der Waals surface area contributed by atoms with Gasteiger partial charge in [0, 0.05) is 31.4 Å². The minimum atomic E-state index is 0.348. The van der Waals surface area contributed by atoms with Crippen molar-refractivity contribution in [3.8, 4) is 17.2 Å². The van der Waals surface area contributed by atoms with E-state index in [-0.39, 0.29) is 0 Å². The number of nitrogens with one attached hydrogen (secondary N) is 1. The van der Waals surface area contributed by atoms with Crippen molar-refractivity contribution in [2.75, 3.05) is 39.3 Å². The largest absolute Gasteiger partial charge is 0.493 e. The van der Waals surface area contributed by atoms with E-state index in [4.69, 9.17) is 14.2 Å². The fourth-order valence-electron chi connectivity index (χ4n) is 3.80. The second kappa shape index (κ2) is 7.30. The third kappa shape index (κ3) is 3.01. The molecule has 3 aromatic rings. The Bertz CT molecular complexity index is 929. The van der Waals surface area contributed by atoms with Crippen LogP contribution in [0.1, 0.15) is 24.6 Å². The van der Waals surface area contributed by atoms with E-state index in [2.05, 4.69) is 24.8 Å². The summed E-state index contributed by atoms with van der Waals surface area (Å²) in [6.07, 6.45) is 7.42. The number of aromatic amines is 1. The highest BCUT2D eigenvalue weighted by Gasteiger charge is 2.27. The Morgan fingerprint density at radius 3 is 2.63 bits per heavy atom. The number of aromatic nitrogens is 4. The smallest absolute Gasteiger partial charge is 0.205 e. The fourth-order valence-corrected chi connectivity index (χ4v) is 3.80. The third-order valence-electron chi connectivity index (χ3n) is 5.04. The Labute approximate surface area is 157 Å². The summed E-state index contributed by atoms with van der Waals surface area (Å²) < 4.78 is 16.6. The lowest BCUT2D eigenvalue weighted by molar-refractivity contribution is 0.327. The van der Waals surface area contributed by atoms with E-state index in [0.29, 0.717) is 28.7 Å². The Morgan fingerprint density at radius 1 is 1.07 bits per heavy atom. The molecule has 1 aliphatic heterocycles. The van der Waals surface area contributed by atoms with E-state index in [1.807, 2.05) is 12.3 Å². The second-order valence-corrected chi connectivity index (χ2v) is 6.50. The highest BCUT2D eigenvalue weighted by Crippen LogP contribution is 2.44. The predicted octanol–water partition coefficient (Wildman–Crippen LogP) is 2.76. The first-order valence-electron chi connectivity index (χ1n) is 8.94. The predicted molar refractivity (Wildman–Crippen MR) is 102 cm³/mol. The van der Waals surface area contributed by atoms with Gasteiger partial charge in [0.2, 0.25) is 5.75 Å². The molecule has 8 nitrogen and oxygen atoms in total. The molecule has 0 spiro atoms. The zero-order valence-electron chi connectivity index (χ0n) is 15.7. The summed E-state index contributed by atoms with van der Waals surface area (Å²) in [4.78, 5) is 19.0. The highest BCUT2D eigenvalue weighted by atomic mass is 16.5. The van der Waals surface area contributed by atoms with E-state index in [9.17, 15) is 0 Å². The van der Waals surface area contributed by atoms with Gasteiger partial charge in [0.1, 0.15) is 23.5 Å². The van der Waals surface area contributed by atoms with Crippen LogP contribution in [-0.2, 0) is 0 Å². The molecule has 0 aliphatic carbocycles. The van der Waals surface area contributed by atoms with Gasteiger partial charge in [-0.25, -0.2) is 15.0 Å². The maximum absolute atomic E-state index is 5.59. The SMILES string of the molecule is COc1cc2c(N3CCCC(c4ncc[nH]4)C3)ncnc2c(OC)c1OC. The van der Waals surface area contributed by atoms with Crippen LogP contribution in [-0.4, -0.2) is 54.4 Å². The van der Waals surface area contributed by atoms with Gasteiger partial charge in [-0.1, -0.05) is 0 Å². The minimum Gasteiger partial charge on any atom is -0.493 e. The topological polar surface area (TPSA) is 85.4 Å². The lowest BCUT2D eigenvalue weighted by atomic mass is 9.97. The first-order chi connectivity index (χ1) is 13.3. The number of H-pyrrole nitrogens is 1. The van der Waals surface area contributed by atoms with Gasteiger partial charge in [-0.2, -0.15) is 0 Å². The van der Waals surface area contributed by atoms with Crippen LogP contribution in [0.25, 0.3) is 10.9 Å². The summed E-state index contributed by atoms with van der Waals surface area (Å²) in [6, 6.07) is 1.92. The van der Waals surface area contributed by atoms with Gasteiger partial charge in [-0.3, -0.25) is 0 Å². The van der Waals surface area contributed by atoms with Crippen molar-refractivity contribution in [3.05, 3.63) is 30.6 Å². The molecule has 1 N–H and O–H groups in total. The maximum atomic E-state index is 5.59. The molecule has 4 rings (SSSR count). The number of rotatable bonds is 5. The first kappa shape index (κ1) is 17.4. The molecule has 1 atom stereocenters. The number of hydrogen-bond donors (Lipinski definition) is 1. The normalized spacial score (nSPS) is 17.1. The van der Waals surface area contributed by atoms with Crippen LogP contribution in [0.3, 0.4) is 0 Å². The van der Waals surface area contributed by atoms with Crippen LogP contribution in [0, 0.1) is 0 Å². The molecule has 1 saturated heterocycles. The van der Waals surface area contributed by atoms with Crippen LogP contribution >= 0.6 is 0 Å². The number of ether oxygens (including phenoxy) is 3. The molecule has 0 bridgehead atoms. The number of benzene rings is 1. The number of nitrogens with zero attached hydrogens (tertiary/aromatic N) is 4. The van der Waals surface area contributed by atoms with Gasteiger partial charge in [0.25, 0.3) is 0 Å². The molecule has 0 saturated carbocycles. The van der Waals surface area contributed by atoms with Gasteiger partial charge in [0.05, 0.1) is 26.7 Å². The highest BCUT2D eigenvalue weighted by molar-refractivity contribution is 5.97. The van der Waals surface area contributed by atoms with Gasteiger partial charge >= 0.3 is 0 Å². The standard InChI is InChI=1S/C19H23N5O3/c1-25-14-9-13-15(17(27-3)16(14)26-2)22-11-23-19(13)24-8-4-5-12(10-24)18-20-6-7-21-18/h6-7,9,11-12H,4-5,8,10H2,1-3H3,(H,20,21). The summed E-state index contributed by atoms with van der Waals surface area (Å²) in [5.41, 5.74) is 0.709. The summed E-state index contributed by atoms with van der Waals surface area (Å²) in [5.74, 6) is 3.92. The van der Waals surface area contributed by atoms with Crippen molar-refractivity contribution >= 4 is 16.7 Å². The van der Waals surface area contributed by atoms with Gasteiger partial charge in [0.15, 0.2) is 11.5 Å². The second-order valence-electron chi connectivity index (χ2n) is 6.50. The number of imidazole rings is 1. The summed E-state index contributed by atoms with van der Waals surface area (Å²) in [6.45, 7) is 1.77. The zero-order chi connectivity index (χ0) is 18.8. The average molecular weight is 369 g/mol. The van der Waals surface area contributed by atoms with Crippen LogP contribution in [0.5, 0.6) is 17.2 Å². The molecule has 1 fully saturated rings. The van der Waals surface area contributed by atoms with E-state index in [1.54, 1.807) is 33.9 Å². The fraction of sp³-hybridized carbons (Fsp3) is 0.421. The molecular formula is C19H23N5O3. The zero-order valence-corrected chi connectivity index (χ0v) is 15.7. The van der Waals surface area contributed by atoms with Crippen LogP contribution in [0.4, 0.5) is 5.82 Å². The lowest BCUT2D eigenvalue weighted by Gasteiger charge is -2.33. The molecule has 27 heavy (non-hydrogen) atoms. The van der Waals surface area contributed by atoms with Crippen molar-refractivity contribution in [2.24, 2.45) is 0 Å². The summed E-state index contributed by atoms with van der Waals surface area (Å²) >= 11 is 0. The third-order valence-corrected chi connectivity index (χ3v) is 5.04. The Balaban J connectivity index is 1.80. The van der Waals surface area contributed by atoms with E-state index in [0.717, 1.165) is 43.0 Å². The van der Waals surface area contributed by atoms with Gasteiger partial charge < -0.3 is 24.1 Å². The molecule has 1 aromatic carbocycles. The maximum Gasteiger partial charge on any atom is 0.205 e. The molecule has 0 amide bonds. The van der Waals surface area contributed by atoms with Gasteiger partial charge in [-0.05, 0) is 18.9 Å². The molecule has 1 aliphatic rings. The van der Waals surface area contributed by atoms with Gasteiger partial charge in [-0.15, -0.1) is 0 Å². The van der Waals surface area contributed by atoms with Crippen LogP contribution in [0.15, 0.2) is 24.8 Å². The number of hydrogen-bond acceptors (Lipinski definition) is 7. The Hall–Kier alpha value is -3.03. The molecule has 0 radical (unpaired) electrons. The summed E-state index contributed by atoms with van der Waals surface area (Å²) in [5, 5.41) is 0.882. The molecule has 2 aromatic heterocycles. The quantitative estimate of drug-likeness (QED) is 0.740. The molecule has 8 heteroatoms. The average Bonchev–Trinajstić information content (AvgIpc) is 3.26. The minimum absolute atomic E-state index is 0.348. The molecule has 142 valence electrons. The summed E-state index contributed by atoms with van der Waals surface area (Å²) in [7, 11) is 4.81. The Kier molecular flexibility index (Phi) is 4.70. The molecule has 3 heterocycles. The van der Waals surface area contributed by atoms with Crippen LogP contribution < -0.4 is 19.1 Å². The van der Waals surface area contributed by atoms with Crippen molar-refractivity contribution < 1.29 is 14.2 Å². The number of fused-ring (bicyclic) bond motifs is 1. The van der Waals surface area contributed by atoms with Crippen LogP contribution in [0.2, 0.25) is 0 Å². The number of methoxy groups -OCH3 is 3. The van der Waals surface area contributed by atoms with E-state index < -0.39 is 0 Å². The monoisotopic (exact) mass is 369 g/mol. The van der Waals surface area contributed by atoms with E-state index in [1.165, 1.54) is 0 Å². The van der Waals surface area contributed by atoms with E-state index >= 15 is 0 Å². The van der Waals surface area contributed by atoms with Crippen molar-refractivity contribution in [2.45, 2.75) is 18.8 Å². The van der Waals surface area contributed by atoms with Crippen molar-refractivity contribution in [1.29, 1.82) is 0 Å². The molecular weight excluding hydrogens is 346 g/mol. The first-order valence-corrected chi connectivity index (χ1v) is 8.94. The molecule has 1 unspecified atom stereocenters. The Morgan fingerprint density at radius 2 is 1.93 bits per heavy atom. The lowest BCUT2D eigenvalue weighted by Crippen LogP contribution is -2.35.